The zero-order valence-electron chi connectivity index (χ0n) is 19.6. The molecule has 35 heavy (non-hydrogen) atoms. The molecular formula is C25H25ClN4O4S. The van der Waals surface area contributed by atoms with E-state index in [1.165, 1.54) is 16.8 Å². The largest absolute Gasteiger partial charge is 0.490 e. The number of fused-ring (bicyclic) bond motifs is 1. The fourth-order valence-corrected chi connectivity index (χ4v) is 4.45. The van der Waals surface area contributed by atoms with Crippen LogP contribution in [-0.2, 0) is 4.79 Å². The van der Waals surface area contributed by atoms with Gasteiger partial charge in [0.2, 0.25) is 5.17 Å². The van der Waals surface area contributed by atoms with E-state index in [4.69, 9.17) is 31.2 Å². The zero-order chi connectivity index (χ0) is 24.9. The van der Waals surface area contributed by atoms with Crippen molar-refractivity contribution in [1.29, 1.82) is 5.41 Å². The number of carbonyl (C=O) groups excluding carboxylic acids is 1. The number of carbonyl (C=O) groups is 1. The predicted octanol–water partition coefficient (Wildman–Crippen LogP) is 5.53. The summed E-state index contributed by atoms with van der Waals surface area (Å²) in [7, 11) is 0. The lowest BCUT2D eigenvalue weighted by molar-refractivity contribution is -0.114. The quantitative estimate of drug-likeness (QED) is 0.350. The van der Waals surface area contributed by atoms with E-state index in [1.807, 2.05) is 45.0 Å². The van der Waals surface area contributed by atoms with Crippen molar-refractivity contribution in [2.45, 2.75) is 27.2 Å². The number of hydrogen-bond donors (Lipinski definition) is 1. The van der Waals surface area contributed by atoms with Crippen molar-refractivity contribution >= 4 is 51.4 Å². The highest BCUT2D eigenvalue weighted by Gasteiger charge is 2.35. The molecule has 0 unspecified atom stereocenters. The number of amidine groups is 2. The Labute approximate surface area is 213 Å². The van der Waals surface area contributed by atoms with Crippen molar-refractivity contribution in [2.24, 2.45) is 10.1 Å². The summed E-state index contributed by atoms with van der Waals surface area (Å²) in [6.07, 6.45) is 2.26. The number of amides is 1. The number of nitrogens with zero attached hydrogens (tertiary/aromatic N) is 3. The Hall–Kier alpha value is -3.30. The molecule has 1 N–H and O–H groups in total. The summed E-state index contributed by atoms with van der Waals surface area (Å²) in [6.45, 7) is 6.82. The van der Waals surface area contributed by atoms with E-state index in [-0.39, 0.29) is 18.0 Å². The molecule has 0 aliphatic carbocycles. The summed E-state index contributed by atoms with van der Waals surface area (Å²) >= 11 is 7.83. The van der Waals surface area contributed by atoms with Crippen LogP contribution in [0.1, 0.15) is 31.4 Å². The van der Waals surface area contributed by atoms with Crippen LogP contribution in [0.2, 0.25) is 5.02 Å². The summed E-state index contributed by atoms with van der Waals surface area (Å²) in [4.78, 5) is 16.7. The Kier molecular flexibility index (Phi) is 7.77. The number of thioether (sulfide) groups is 1. The third kappa shape index (κ3) is 5.68. The lowest BCUT2D eigenvalue weighted by Crippen LogP contribution is -2.35. The molecule has 2 aromatic carbocycles. The van der Waals surface area contributed by atoms with E-state index < -0.39 is 5.91 Å². The van der Waals surface area contributed by atoms with Crippen LogP contribution >= 0.6 is 23.4 Å². The van der Waals surface area contributed by atoms with Gasteiger partial charge < -0.3 is 14.2 Å². The van der Waals surface area contributed by atoms with E-state index in [0.717, 1.165) is 16.4 Å². The van der Waals surface area contributed by atoms with Crippen molar-refractivity contribution in [2.75, 3.05) is 19.8 Å². The summed E-state index contributed by atoms with van der Waals surface area (Å²) in [6, 6.07) is 11.2. The van der Waals surface area contributed by atoms with Crippen LogP contribution in [0.25, 0.3) is 6.08 Å². The molecule has 0 saturated carbocycles. The van der Waals surface area contributed by atoms with E-state index in [2.05, 4.69) is 10.1 Å². The van der Waals surface area contributed by atoms with Crippen LogP contribution in [0, 0.1) is 12.3 Å². The van der Waals surface area contributed by atoms with Gasteiger partial charge in [-0.3, -0.25) is 10.2 Å². The van der Waals surface area contributed by atoms with Gasteiger partial charge in [-0.05, 0) is 67.9 Å². The maximum atomic E-state index is 12.6. The first-order valence-electron chi connectivity index (χ1n) is 11.2. The number of aryl methyl sites for hydroxylation is 1. The summed E-state index contributed by atoms with van der Waals surface area (Å²) < 4.78 is 17.3. The topological polar surface area (TPSA) is 96.6 Å². The molecular weight excluding hydrogens is 488 g/mol. The van der Waals surface area contributed by atoms with Gasteiger partial charge >= 0.3 is 0 Å². The maximum absolute atomic E-state index is 12.6. The molecule has 0 radical (unpaired) electrons. The molecule has 0 fully saturated rings. The second-order valence-corrected chi connectivity index (χ2v) is 9.09. The van der Waals surface area contributed by atoms with Crippen molar-refractivity contribution in [3.8, 4) is 17.2 Å². The number of hydrogen-bond acceptors (Lipinski definition) is 7. The predicted molar refractivity (Wildman–Crippen MR) is 140 cm³/mol. The number of rotatable bonds is 9. The first-order valence-corrected chi connectivity index (χ1v) is 12.4. The zero-order valence-corrected chi connectivity index (χ0v) is 21.2. The average molecular weight is 513 g/mol. The smallest absolute Gasteiger partial charge is 0.283 e. The molecule has 182 valence electrons. The third-order valence-corrected chi connectivity index (χ3v) is 6.39. The van der Waals surface area contributed by atoms with Gasteiger partial charge in [0.25, 0.3) is 5.91 Å². The van der Waals surface area contributed by atoms with Gasteiger partial charge in [-0.1, -0.05) is 36.2 Å². The fourth-order valence-electron chi connectivity index (χ4n) is 3.35. The van der Waals surface area contributed by atoms with Crippen LogP contribution in [0.3, 0.4) is 0 Å². The van der Waals surface area contributed by atoms with Gasteiger partial charge in [-0.15, -0.1) is 0 Å². The molecule has 2 aliphatic heterocycles. The molecule has 0 atom stereocenters. The van der Waals surface area contributed by atoms with Gasteiger partial charge in [0.05, 0.1) is 17.2 Å². The molecule has 2 aliphatic rings. The SMILES string of the molecule is CCOc1cc(C=C2C(=N)N3N=C(CC)SC3=NC2=O)cc(Cl)c1OCCOc1ccc(C)cc1. The molecule has 0 bridgehead atoms. The highest BCUT2D eigenvalue weighted by molar-refractivity contribution is 8.26. The van der Waals surface area contributed by atoms with Crippen LogP contribution in [0.5, 0.6) is 17.2 Å². The lowest BCUT2D eigenvalue weighted by Gasteiger charge is -2.20. The second-order valence-electron chi connectivity index (χ2n) is 7.64. The van der Waals surface area contributed by atoms with Gasteiger partial charge in [0, 0.05) is 0 Å². The van der Waals surface area contributed by atoms with Crippen LogP contribution in [0.15, 0.2) is 52.1 Å². The van der Waals surface area contributed by atoms with Gasteiger partial charge in [0.15, 0.2) is 17.3 Å². The highest BCUT2D eigenvalue weighted by Crippen LogP contribution is 2.38. The van der Waals surface area contributed by atoms with Crippen molar-refractivity contribution < 1.29 is 19.0 Å². The standard InChI is InChI=1S/C25H25ClN4O4S/c1-4-21-29-30-23(27)18(24(31)28-25(30)35-21)12-16-13-19(26)22(20(14-16)32-5-2)34-11-10-33-17-8-6-15(3)7-9-17/h6-9,12-14,27H,4-5,10-11H2,1-3H3. The summed E-state index contributed by atoms with van der Waals surface area (Å²) in [5.74, 6) is 1.06. The van der Waals surface area contributed by atoms with Gasteiger partial charge in [-0.25, -0.2) is 0 Å². The maximum Gasteiger partial charge on any atom is 0.283 e. The molecule has 2 heterocycles. The van der Waals surface area contributed by atoms with E-state index in [1.54, 1.807) is 18.2 Å². The molecule has 2 aromatic rings. The van der Waals surface area contributed by atoms with E-state index in [0.29, 0.717) is 46.9 Å². The van der Waals surface area contributed by atoms with Crippen LogP contribution < -0.4 is 14.2 Å². The number of nitrogens with one attached hydrogen (secondary N) is 1. The minimum Gasteiger partial charge on any atom is -0.490 e. The Morgan fingerprint density at radius 3 is 2.57 bits per heavy atom. The number of aliphatic imine (C=N–C) groups is 1. The normalized spacial score (nSPS) is 16.2. The Balaban J connectivity index is 1.51. The lowest BCUT2D eigenvalue weighted by atomic mass is 10.1. The monoisotopic (exact) mass is 512 g/mol. The summed E-state index contributed by atoms with van der Waals surface area (Å²) in [5, 5.41) is 15.7. The first-order chi connectivity index (χ1) is 16.9. The molecule has 10 heteroatoms. The molecule has 4 rings (SSSR count). The molecule has 0 saturated heterocycles. The minimum atomic E-state index is -0.496. The number of halogens is 1. The summed E-state index contributed by atoms with van der Waals surface area (Å²) in [5.41, 5.74) is 1.86. The van der Waals surface area contributed by atoms with Crippen LogP contribution in [-0.4, -0.2) is 46.8 Å². The van der Waals surface area contributed by atoms with Crippen molar-refractivity contribution in [1.82, 2.24) is 5.01 Å². The molecule has 8 nitrogen and oxygen atoms in total. The molecule has 1 amide bonds. The third-order valence-electron chi connectivity index (χ3n) is 5.06. The molecule has 0 spiro atoms. The van der Waals surface area contributed by atoms with Gasteiger partial charge in [-0.2, -0.15) is 15.1 Å². The first kappa shape index (κ1) is 24.8. The minimum absolute atomic E-state index is 0.0291. The van der Waals surface area contributed by atoms with E-state index >= 15 is 0 Å². The van der Waals surface area contributed by atoms with Gasteiger partial charge in [0.1, 0.15) is 24.0 Å². The van der Waals surface area contributed by atoms with Crippen LogP contribution in [0.4, 0.5) is 0 Å². The Morgan fingerprint density at radius 2 is 1.86 bits per heavy atom. The Morgan fingerprint density at radius 1 is 1.11 bits per heavy atom. The highest BCUT2D eigenvalue weighted by atomic mass is 35.5. The average Bonchev–Trinajstić information content (AvgIpc) is 3.25. The fraction of sp³-hybridized carbons (Fsp3) is 0.280. The number of hydrazone groups is 1. The Bertz CT molecular complexity index is 1240. The number of benzene rings is 2. The van der Waals surface area contributed by atoms with Crippen molar-refractivity contribution in [3.05, 3.63) is 58.1 Å². The number of ether oxygens (including phenoxy) is 3. The van der Waals surface area contributed by atoms with Crippen molar-refractivity contribution in [3.63, 3.8) is 0 Å². The molecule has 0 aromatic heterocycles. The van der Waals surface area contributed by atoms with E-state index in [9.17, 15) is 4.79 Å². The second kappa shape index (κ2) is 11.0.